The number of halogens is 4. The maximum atomic E-state index is 14.3. The molecule has 12 nitrogen and oxygen atoms in total. The summed E-state index contributed by atoms with van der Waals surface area (Å²) in [6.45, 7) is 6.60. The Bertz CT molecular complexity index is 1770. The minimum absolute atomic E-state index is 0.0442. The number of benzene rings is 3. The molecule has 0 heterocycles. The van der Waals surface area contributed by atoms with Gasteiger partial charge >= 0.3 is 6.09 Å². The van der Waals surface area contributed by atoms with E-state index in [1.54, 1.807) is 58.0 Å². The second-order valence-electron chi connectivity index (χ2n) is 11.6. The lowest BCUT2D eigenvalue weighted by atomic mass is 10.0. The molecule has 0 saturated heterocycles. The van der Waals surface area contributed by atoms with Gasteiger partial charge in [-0.05, 0) is 69.2 Å². The molecule has 0 aliphatic carbocycles. The number of sulfonamides is 1. The molecular weight excluding hydrogens is 745 g/mol. The Labute approximate surface area is 312 Å². The molecule has 3 rings (SSSR count). The zero-order valence-corrected chi connectivity index (χ0v) is 31.4. The van der Waals surface area contributed by atoms with Crippen LogP contribution >= 0.6 is 23.2 Å². The predicted octanol–water partition coefficient (Wildman–Crippen LogP) is 5.21. The van der Waals surface area contributed by atoms with Gasteiger partial charge in [0, 0.05) is 37.2 Å². The molecule has 17 heteroatoms. The number of alkyl carbamates (subject to hydrolysis) is 1. The molecular formula is C35H42Cl2F2N4O8S. The number of amides is 3. The van der Waals surface area contributed by atoms with E-state index in [1.165, 1.54) is 29.2 Å². The number of carbonyl (C=O) groups excluding carboxylic acids is 3. The smallest absolute Gasteiger partial charge is 0.408 e. The lowest BCUT2D eigenvalue weighted by molar-refractivity contribution is -0.163. The van der Waals surface area contributed by atoms with Gasteiger partial charge < -0.3 is 29.7 Å². The normalized spacial score (nSPS) is 12.7. The van der Waals surface area contributed by atoms with E-state index in [-0.39, 0.29) is 53.3 Å². The molecule has 52 heavy (non-hydrogen) atoms. The molecule has 2 atom stereocenters. The molecule has 0 spiro atoms. The molecule has 3 N–H and O–H groups in total. The Kier molecular flexibility index (Phi) is 16.7. The standard InChI is InChI=1S/C35H42Cl2F2N4O8S/c1-5-49-32(50-6-2)20-43(22(3)4)34(45)29(17-24-12-14-27(38)28(39)16-24)41-33(44)30(42-35(46)51-21-23-10-8-7-9-11-23)19-40-52(47,48)31-15-13-25(36)18-26(31)37/h7-16,18,22,29-30,32,40H,5-6,17,19-21H2,1-4H3,(H,41,44)(H,42,46). The lowest BCUT2D eigenvalue weighted by Crippen LogP contribution is -2.59. The first kappa shape index (κ1) is 42.6. The summed E-state index contributed by atoms with van der Waals surface area (Å²) >= 11 is 12.0. The maximum absolute atomic E-state index is 14.3. The quantitative estimate of drug-likeness (QED) is 0.140. The Hall–Kier alpha value is -3.86. The van der Waals surface area contributed by atoms with Crippen LogP contribution in [0.2, 0.25) is 10.0 Å². The van der Waals surface area contributed by atoms with Crippen molar-refractivity contribution in [2.24, 2.45) is 0 Å². The fraction of sp³-hybridized carbons (Fsp3) is 0.400. The van der Waals surface area contributed by atoms with Gasteiger partial charge in [-0.15, -0.1) is 0 Å². The van der Waals surface area contributed by atoms with Gasteiger partial charge in [-0.1, -0.05) is 59.6 Å². The number of hydrogen-bond acceptors (Lipinski definition) is 8. The molecule has 0 bridgehead atoms. The van der Waals surface area contributed by atoms with E-state index in [9.17, 15) is 31.6 Å². The first-order valence-electron chi connectivity index (χ1n) is 16.3. The SMILES string of the molecule is CCOC(CN(C(=O)C(Cc1ccc(F)c(F)c1)NC(=O)C(CNS(=O)(=O)c1ccc(Cl)cc1Cl)NC(=O)OCc1ccccc1)C(C)C)OCC. The van der Waals surface area contributed by atoms with Crippen LogP contribution in [-0.4, -0.2) is 81.9 Å². The van der Waals surface area contributed by atoms with Gasteiger partial charge in [0.05, 0.1) is 11.6 Å². The van der Waals surface area contributed by atoms with E-state index < -0.39 is 70.5 Å². The molecule has 3 aromatic rings. The van der Waals surface area contributed by atoms with Gasteiger partial charge in [0.1, 0.15) is 23.6 Å². The van der Waals surface area contributed by atoms with E-state index in [0.29, 0.717) is 5.56 Å². The second-order valence-corrected chi connectivity index (χ2v) is 14.2. The van der Waals surface area contributed by atoms with Crippen molar-refractivity contribution in [2.75, 3.05) is 26.3 Å². The van der Waals surface area contributed by atoms with E-state index in [4.69, 9.17) is 37.4 Å². The second kappa shape index (κ2) is 20.4. The number of ether oxygens (including phenoxy) is 3. The average Bonchev–Trinajstić information content (AvgIpc) is 3.09. The number of nitrogens with one attached hydrogen (secondary N) is 3. The van der Waals surface area contributed by atoms with Crippen molar-refractivity contribution in [1.29, 1.82) is 0 Å². The Morgan fingerprint density at radius 2 is 1.52 bits per heavy atom. The largest absolute Gasteiger partial charge is 0.445 e. The van der Waals surface area contributed by atoms with Crippen LogP contribution in [0.25, 0.3) is 0 Å². The molecule has 3 amide bonds. The van der Waals surface area contributed by atoms with Crippen molar-refractivity contribution in [3.63, 3.8) is 0 Å². The summed E-state index contributed by atoms with van der Waals surface area (Å²) in [5, 5.41) is 4.91. The summed E-state index contributed by atoms with van der Waals surface area (Å²) in [6, 6.07) is 11.9. The molecule has 0 radical (unpaired) electrons. The Balaban J connectivity index is 1.95. The topological polar surface area (TPSA) is 152 Å². The Morgan fingerprint density at radius 3 is 2.12 bits per heavy atom. The van der Waals surface area contributed by atoms with Crippen molar-refractivity contribution in [3.8, 4) is 0 Å². The van der Waals surface area contributed by atoms with E-state index in [2.05, 4.69) is 15.4 Å². The fourth-order valence-corrected chi connectivity index (χ4v) is 6.71. The molecule has 3 aromatic carbocycles. The van der Waals surface area contributed by atoms with Crippen LogP contribution < -0.4 is 15.4 Å². The monoisotopic (exact) mass is 786 g/mol. The van der Waals surface area contributed by atoms with Crippen molar-refractivity contribution >= 4 is 51.1 Å². The number of nitrogens with zero attached hydrogens (tertiary/aromatic N) is 1. The summed E-state index contributed by atoms with van der Waals surface area (Å²) in [5.74, 6) is -3.92. The molecule has 284 valence electrons. The zero-order chi connectivity index (χ0) is 38.4. The molecule has 0 fully saturated rings. The lowest BCUT2D eigenvalue weighted by Gasteiger charge is -2.34. The summed E-state index contributed by atoms with van der Waals surface area (Å²) in [7, 11) is -4.37. The van der Waals surface area contributed by atoms with E-state index in [1.807, 2.05) is 0 Å². The van der Waals surface area contributed by atoms with Crippen LogP contribution in [0, 0.1) is 11.6 Å². The molecule has 0 aliphatic rings. The average molecular weight is 788 g/mol. The van der Waals surface area contributed by atoms with Crippen molar-refractivity contribution in [2.45, 2.75) is 70.0 Å². The number of carbonyl (C=O) groups is 3. The molecule has 2 unspecified atom stereocenters. The summed E-state index contributed by atoms with van der Waals surface area (Å²) in [6.07, 6.45) is -2.20. The van der Waals surface area contributed by atoms with Gasteiger partial charge in [-0.2, -0.15) is 0 Å². The molecule has 0 saturated carbocycles. The minimum Gasteiger partial charge on any atom is -0.445 e. The van der Waals surface area contributed by atoms with Gasteiger partial charge in [0.15, 0.2) is 17.9 Å². The van der Waals surface area contributed by atoms with Gasteiger partial charge in [-0.25, -0.2) is 26.7 Å². The number of hydrogen-bond donors (Lipinski definition) is 3. The van der Waals surface area contributed by atoms with Crippen LogP contribution in [0.1, 0.15) is 38.8 Å². The minimum atomic E-state index is -4.37. The number of rotatable bonds is 19. The highest BCUT2D eigenvalue weighted by Gasteiger charge is 2.33. The van der Waals surface area contributed by atoms with Gasteiger partial charge in [0.25, 0.3) is 0 Å². The van der Waals surface area contributed by atoms with Gasteiger partial charge in [0.2, 0.25) is 21.8 Å². The van der Waals surface area contributed by atoms with Crippen LogP contribution in [0.15, 0.2) is 71.6 Å². The van der Waals surface area contributed by atoms with E-state index >= 15 is 0 Å². The highest BCUT2D eigenvalue weighted by molar-refractivity contribution is 7.89. The fourth-order valence-electron chi connectivity index (χ4n) is 4.90. The van der Waals surface area contributed by atoms with Crippen molar-refractivity contribution in [1.82, 2.24) is 20.3 Å². The van der Waals surface area contributed by atoms with Crippen LogP contribution in [0.3, 0.4) is 0 Å². The Morgan fingerprint density at radius 1 is 0.846 bits per heavy atom. The summed E-state index contributed by atoms with van der Waals surface area (Å²) in [5.41, 5.74) is 0.803. The first-order chi connectivity index (χ1) is 24.6. The van der Waals surface area contributed by atoms with Crippen LogP contribution in [-0.2, 0) is 46.9 Å². The van der Waals surface area contributed by atoms with Crippen molar-refractivity contribution < 1.29 is 45.8 Å². The first-order valence-corrected chi connectivity index (χ1v) is 18.6. The highest BCUT2D eigenvalue weighted by Crippen LogP contribution is 2.25. The third-order valence-electron chi connectivity index (χ3n) is 7.48. The van der Waals surface area contributed by atoms with Crippen LogP contribution in [0.5, 0.6) is 0 Å². The molecule has 0 aromatic heterocycles. The predicted molar refractivity (Wildman–Crippen MR) is 191 cm³/mol. The third kappa shape index (κ3) is 13.0. The zero-order valence-electron chi connectivity index (χ0n) is 29.0. The highest BCUT2D eigenvalue weighted by atomic mass is 35.5. The molecule has 0 aliphatic heterocycles. The van der Waals surface area contributed by atoms with Crippen molar-refractivity contribution in [3.05, 3.63) is 99.5 Å². The summed E-state index contributed by atoms with van der Waals surface area (Å²) in [4.78, 5) is 42.1. The van der Waals surface area contributed by atoms with Crippen LogP contribution in [0.4, 0.5) is 13.6 Å². The van der Waals surface area contributed by atoms with Gasteiger partial charge in [-0.3, -0.25) is 9.59 Å². The third-order valence-corrected chi connectivity index (χ3v) is 9.62. The summed E-state index contributed by atoms with van der Waals surface area (Å²) < 4.78 is 73.3. The maximum Gasteiger partial charge on any atom is 0.408 e. The van der Waals surface area contributed by atoms with E-state index in [0.717, 1.165) is 12.1 Å².